The second-order valence-electron chi connectivity index (χ2n) is 6.80. The Labute approximate surface area is 144 Å². The van der Waals surface area contributed by atoms with Gasteiger partial charge in [0.15, 0.2) is 5.11 Å². The molecule has 2 fully saturated rings. The van der Waals surface area contributed by atoms with E-state index in [4.69, 9.17) is 17.0 Å². The van der Waals surface area contributed by atoms with Gasteiger partial charge in [0.2, 0.25) is 0 Å². The van der Waals surface area contributed by atoms with Crippen LogP contribution < -0.4 is 10.2 Å². The van der Waals surface area contributed by atoms with Crippen LogP contribution in [0.2, 0.25) is 0 Å². The Morgan fingerprint density at radius 1 is 1.22 bits per heavy atom. The maximum absolute atomic E-state index is 5.81. The molecule has 2 aliphatic rings. The predicted molar refractivity (Wildman–Crippen MR) is 98.9 cm³/mol. The molecule has 1 aromatic carbocycles. The lowest BCUT2D eigenvalue weighted by atomic mass is 10.1. The lowest BCUT2D eigenvalue weighted by Crippen LogP contribution is -2.43. The van der Waals surface area contributed by atoms with Gasteiger partial charge in [0.1, 0.15) is 0 Å². The van der Waals surface area contributed by atoms with Crippen LogP contribution in [0.25, 0.3) is 0 Å². The van der Waals surface area contributed by atoms with Crippen molar-refractivity contribution in [3.05, 3.63) is 29.8 Å². The van der Waals surface area contributed by atoms with Gasteiger partial charge in [-0.1, -0.05) is 12.1 Å². The molecule has 0 spiro atoms. The van der Waals surface area contributed by atoms with Crippen LogP contribution in [0.4, 0.5) is 5.69 Å². The van der Waals surface area contributed by atoms with Crippen LogP contribution >= 0.6 is 12.2 Å². The highest BCUT2D eigenvalue weighted by Gasteiger charge is 2.26. The SMILES string of the molecule is CN(C)c1ccc(CN(C[C@H]2CCCO2)C(=S)NC2CC2)cc1. The van der Waals surface area contributed by atoms with Gasteiger partial charge in [-0.05, 0) is 55.6 Å². The minimum absolute atomic E-state index is 0.315. The fourth-order valence-electron chi connectivity index (χ4n) is 2.87. The molecule has 1 saturated carbocycles. The van der Waals surface area contributed by atoms with E-state index in [1.54, 1.807) is 0 Å². The Kier molecular flexibility index (Phi) is 5.38. The van der Waals surface area contributed by atoms with Crippen molar-refractivity contribution in [2.75, 3.05) is 32.1 Å². The van der Waals surface area contributed by atoms with Crippen LogP contribution in [0.3, 0.4) is 0 Å². The monoisotopic (exact) mass is 333 g/mol. The van der Waals surface area contributed by atoms with Crippen LogP contribution in [-0.2, 0) is 11.3 Å². The van der Waals surface area contributed by atoms with E-state index < -0.39 is 0 Å². The fraction of sp³-hybridized carbons (Fsp3) is 0.611. The quantitative estimate of drug-likeness (QED) is 0.808. The first-order valence-electron chi connectivity index (χ1n) is 8.55. The van der Waals surface area contributed by atoms with Gasteiger partial charge in [0.25, 0.3) is 0 Å². The second kappa shape index (κ2) is 7.49. The Hall–Kier alpha value is -1.33. The maximum Gasteiger partial charge on any atom is 0.169 e. The average Bonchev–Trinajstić information content (AvgIpc) is 3.20. The smallest absolute Gasteiger partial charge is 0.169 e. The highest BCUT2D eigenvalue weighted by Crippen LogP contribution is 2.21. The summed E-state index contributed by atoms with van der Waals surface area (Å²) < 4.78 is 5.81. The Bertz CT molecular complexity index is 522. The summed E-state index contributed by atoms with van der Waals surface area (Å²) in [5.41, 5.74) is 2.51. The van der Waals surface area contributed by atoms with Crippen LogP contribution in [0.15, 0.2) is 24.3 Å². The zero-order valence-corrected chi connectivity index (χ0v) is 14.9. The number of hydrogen-bond donors (Lipinski definition) is 1. The van der Waals surface area contributed by atoms with E-state index in [1.807, 2.05) is 0 Å². The normalized spacial score (nSPS) is 20.3. The van der Waals surface area contributed by atoms with Crippen molar-refractivity contribution in [2.24, 2.45) is 0 Å². The topological polar surface area (TPSA) is 27.7 Å². The van der Waals surface area contributed by atoms with Gasteiger partial charge in [-0.2, -0.15) is 0 Å². The Morgan fingerprint density at radius 2 is 1.96 bits per heavy atom. The summed E-state index contributed by atoms with van der Waals surface area (Å²) in [6, 6.07) is 9.30. The summed E-state index contributed by atoms with van der Waals surface area (Å²) in [5.74, 6) is 0. The molecule has 1 heterocycles. The summed E-state index contributed by atoms with van der Waals surface area (Å²) in [4.78, 5) is 4.39. The number of anilines is 1. The second-order valence-corrected chi connectivity index (χ2v) is 7.19. The minimum atomic E-state index is 0.315. The van der Waals surface area contributed by atoms with Gasteiger partial charge in [-0.25, -0.2) is 0 Å². The molecule has 0 radical (unpaired) electrons. The first-order valence-corrected chi connectivity index (χ1v) is 8.96. The Balaban J connectivity index is 1.64. The van der Waals surface area contributed by atoms with E-state index in [0.717, 1.165) is 31.2 Å². The van der Waals surface area contributed by atoms with Crippen molar-refractivity contribution in [3.63, 3.8) is 0 Å². The van der Waals surface area contributed by atoms with E-state index in [0.29, 0.717) is 12.1 Å². The largest absolute Gasteiger partial charge is 0.378 e. The molecule has 0 unspecified atom stereocenters. The molecular formula is C18H27N3OS. The number of benzene rings is 1. The number of nitrogens with one attached hydrogen (secondary N) is 1. The van der Waals surface area contributed by atoms with Gasteiger partial charge < -0.3 is 19.9 Å². The van der Waals surface area contributed by atoms with Gasteiger partial charge >= 0.3 is 0 Å². The zero-order chi connectivity index (χ0) is 16.2. The van der Waals surface area contributed by atoms with Crippen molar-refractivity contribution in [1.82, 2.24) is 10.2 Å². The molecule has 0 bridgehead atoms. The van der Waals surface area contributed by atoms with Crippen molar-refractivity contribution in [1.29, 1.82) is 0 Å². The molecule has 1 atom stereocenters. The molecule has 126 valence electrons. The first kappa shape index (κ1) is 16.5. The summed E-state index contributed by atoms with van der Waals surface area (Å²) in [5, 5.41) is 4.35. The van der Waals surface area contributed by atoms with Crippen molar-refractivity contribution >= 4 is 23.0 Å². The maximum atomic E-state index is 5.81. The molecule has 1 aliphatic heterocycles. The van der Waals surface area contributed by atoms with Gasteiger partial charge in [0.05, 0.1) is 6.10 Å². The number of rotatable bonds is 6. The molecule has 1 aromatic rings. The molecule has 0 amide bonds. The van der Waals surface area contributed by atoms with E-state index in [9.17, 15) is 0 Å². The molecule has 23 heavy (non-hydrogen) atoms. The number of nitrogens with zero attached hydrogens (tertiary/aromatic N) is 2. The average molecular weight is 334 g/mol. The summed E-state index contributed by atoms with van der Waals surface area (Å²) in [7, 11) is 4.13. The lowest BCUT2D eigenvalue weighted by Gasteiger charge is -2.28. The van der Waals surface area contributed by atoms with E-state index in [1.165, 1.54) is 30.5 Å². The fourth-order valence-corrected chi connectivity index (χ4v) is 3.17. The molecule has 1 N–H and O–H groups in total. The lowest BCUT2D eigenvalue weighted by molar-refractivity contribution is 0.0897. The first-order chi connectivity index (χ1) is 11.1. The molecule has 1 saturated heterocycles. The van der Waals surface area contributed by atoms with Crippen molar-refractivity contribution in [3.8, 4) is 0 Å². The molecule has 5 heteroatoms. The zero-order valence-electron chi connectivity index (χ0n) is 14.1. The number of ether oxygens (including phenoxy) is 1. The van der Waals surface area contributed by atoms with Gasteiger partial charge in [0, 0.05) is 45.5 Å². The van der Waals surface area contributed by atoms with Gasteiger partial charge in [-0.3, -0.25) is 0 Å². The third-order valence-electron chi connectivity index (χ3n) is 4.47. The summed E-state index contributed by atoms with van der Waals surface area (Å²) in [6.07, 6.45) is 5.10. The third-order valence-corrected chi connectivity index (χ3v) is 4.84. The standard InChI is InChI=1S/C18H27N3OS/c1-20(2)16-9-5-14(6-10-16)12-21(13-17-4-3-11-22-17)18(23)19-15-7-8-15/h5-6,9-10,15,17H,3-4,7-8,11-13H2,1-2H3,(H,19,23)/t17-/m1/s1. The van der Waals surface area contributed by atoms with E-state index >= 15 is 0 Å². The molecule has 0 aromatic heterocycles. The van der Waals surface area contributed by atoms with Gasteiger partial charge in [-0.15, -0.1) is 0 Å². The highest BCUT2D eigenvalue weighted by atomic mass is 32.1. The molecule has 4 nitrogen and oxygen atoms in total. The summed E-state index contributed by atoms with van der Waals surface area (Å²) >= 11 is 5.64. The van der Waals surface area contributed by atoms with E-state index in [-0.39, 0.29) is 0 Å². The minimum Gasteiger partial charge on any atom is -0.378 e. The van der Waals surface area contributed by atoms with Crippen molar-refractivity contribution < 1.29 is 4.74 Å². The molecule has 3 rings (SSSR count). The predicted octanol–water partition coefficient (Wildman–Crippen LogP) is 2.77. The van der Waals surface area contributed by atoms with E-state index in [2.05, 4.69) is 53.5 Å². The Morgan fingerprint density at radius 3 is 2.52 bits per heavy atom. The van der Waals surface area contributed by atoms with Crippen LogP contribution in [0.1, 0.15) is 31.2 Å². The van der Waals surface area contributed by atoms with Crippen LogP contribution in [-0.4, -0.2) is 49.4 Å². The third kappa shape index (κ3) is 4.82. The van der Waals surface area contributed by atoms with Crippen molar-refractivity contribution in [2.45, 2.75) is 44.4 Å². The number of thiocarbonyl (C=S) groups is 1. The highest BCUT2D eigenvalue weighted by molar-refractivity contribution is 7.80. The van der Waals surface area contributed by atoms with Crippen LogP contribution in [0, 0.1) is 0 Å². The summed E-state index contributed by atoms with van der Waals surface area (Å²) in [6.45, 7) is 2.61. The van der Waals surface area contributed by atoms with Crippen LogP contribution in [0.5, 0.6) is 0 Å². The number of hydrogen-bond acceptors (Lipinski definition) is 3. The molecular weight excluding hydrogens is 306 g/mol. The molecule has 1 aliphatic carbocycles.